The van der Waals surface area contributed by atoms with E-state index in [4.69, 9.17) is 5.11 Å². The van der Waals surface area contributed by atoms with E-state index in [1.807, 2.05) is 0 Å². The SMILES string of the molecule is CN1CC(n2cnnc2CO)C(=O)N1. The maximum absolute atomic E-state index is 11.4. The lowest BCUT2D eigenvalue weighted by Gasteiger charge is -2.09. The van der Waals surface area contributed by atoms with Crippen LogP contribution in [0.1, 0.15) is 11.9 Å². The van der Waals surface area contributed by atoms with Crippen molar-refractivity contribution in [3.8, 4) is 0 Å². The van der Waals surface area contributed by atoms with Crippen LogP contribution in [0.5, 0.6) is 0 Å². The zero-order chi connectivity index (χ0) is 10.1. The number of aliphatic hydroxyl groups is 1. The summed E-state index contributed by atoms with van der Waals surface area (Å²) in [7, 11) is 1.78. The molecule has 1 aliphatic rings. The molecule has 0 radical (unpaired) electrons. The van der Waals surface area contributed by atoms with Crippen molar-refractivity contribution < 1.29 is 9.90 Å². The first-order chi connectivity index (χ1) is 6.72. The van der Waals surface area contributed by atoms with Gasteiger partial charge in [0.1, 0.15) is 19.0 Å². The quantitative estimate of drug-likeness (QED) is 0.589. The van der Waals surface area contributed by atoms with E-state index in [0.29, 0.717) is 12.4 Å². The highest BCUT2D eigenvalue weighted by atomic mass is 16.3. The van der Waals surface area contributed by atoms with Gasteiger partial charge in [0, 0.05) is 13.6 Å². The molecule has 2 heterocycles. The van der Waals surface area contributed by atoms with Gasteiger partial charge in [-0.05, 0) is 0 Å². The van der Waals surface area contributed by atoms with Crippen molar-refractivity contribution in [1.29, 1.82) is 0 Å². The molecule has 7 nitrogen and oxygen atoms in total. The minimum atomic E-state index is -0.350. The molecule has 2 rings (SSSR count). The van der Waals surface area contributed by atoms with Crippen LogP contribution in [-0.2, 0) is 11.4 Å². The van der Waals surface area contributed by atoms with Gasteiger partial charge in [0.2, 0.25) is 0 Å². The molecule has 1 unspecified atom stereocenters. The normalized spacial score (nSPS) is 22.7. The first-order valence-corrected chi connectivity index (χ1v) is 4.23. The number of likely N-dealkylation sites (N-methyl/N-ethyl adjacent to an activating group) is 1. The third-order valence-corrected chi connectivity index (χ3v) is 2.17. The third-order valence-electron chi connectivity index (χ3n) is 2.17. The number of nitrogens with zero attached hydrogens (tertiary/aromatic N) is 4. The largest absolute Gasteiger partial charge is 0.388 e. The molecule has 1 aromatic heterocycles. The number of carbonyl (C=O) groups is 1. The zero-order valence-corrected chi connectivity index (χ0v) is 7.71. The molecule has 1 fully saturated rings. The number of hydrazine groups is 1. The molecule has 14 heavy (non-hydrogen) atoms. The number of aliphatic hydroxyl groups excluding tert-OH is 1. The van der Waals surface area contributed by atoms with E-state index in [1.54, 1.807) is 16.6 Å². The van der Waals surface area contributed by atoms with E-state index in [0.717, 1.165) is 0 Å². The van der Waals surface area contributed by atoms with Gasteiger partial charge >= 0.3 is 0 Å². The Balaban J connectivity index is 2.27. The van der Waals surface area contributed by atoms with Crippen molar-refractivity contribution in [2.75, 3.05) is 13.6 Å². The smallest absolute Gasteiger partial charge is 0.258 e. The second-order valence-electron chi connectivity index (χ2n) is 3.18. The third kappa shape index (κ3) is 1.36. The van der Waals surface area contributed by atoms with E-state index in [1.165, 1.54) is 6.33 Å². The lowest BCUT2D eigenvalue weighted by molar-refractivity contribution is -0.123. The molecule has 0 bridgehead atoms. The Morgan fingerprint density at radius 2 is 2.57 bits per heavy atom. The summed E-state index contributed by atoms with van der Waals surface area (Å²) in [6.07, 6.45) is 1.45. The lowest BCUT2D eigenvalue weighted by Crippen LogP contribution is -2.29. The molecular weight excluding hydrogens is 186 g/mol. The molecule has 1 aromatic rings. The highest BCUT2D eigenvalue weighted by molar-refractivity contribution is 5.81. The van der Waals surface area contributed by atoms with Gasteiger partial charge in [-0.2, -0.15) is 0 Å². The number of rotatable bonds is 2. The molecule has 7 heteroatoms. The van der Waals surface area contributed by atoms with Crippen LogP contribution in [0.25, 0.3) is 0 Å². The Morgan fingerprint density at radius 1 is 1.79 bits per heavy atom. The Morgan fingerprint density at radius 3 is 3.14 bits per heavy atom. The lowest BCUT2D eigenvalue weighted by atomic mass is 10.3. The van der Waals surface area contributed by atoms with Crippen LogP contribution >= 0.6 is 0 Å². The molecule has 1 atom stereocenters. The van der Waals surface area contributed by atoms with E-state index in [9.17, 15) is 4.79 Å². The zero-order valence-electron chi connectivity index (χ0n) is 7.71. The van der Waals surface area contributed by atoms with Crippen molar-refractivity contribution in [2.24, 2.45) is 0 Å². The Kier molecular flexibility index (Phi) is 2.18. The van der Waals surface area contributed by atoms with Crippen LogP contribution in [0.2, 0.25) is 0 Å². The molecular formula is C7H11N5O2. The first kappa shape index (κ1) is 9.10. The molecule has 0 saturated carbocycles. The van der Waals surface area contributed by atoms with Crippen LogP contribution in [0, 0.1) is 0 Å². The number of carbonyl (C=O) groups excluding carboxylic acids is 1. The van der Waals surface area contributed by atoms with Crippen LogP contribution in [-0.4, -0.2) is 44.4 Å². The van der Waals surface area contributed by atoms with Crippen molar-refractivity contribution >= 4 is 5.91 Å². The molecule has 76 valence electrons. The summed E-state index contributed by atoms with van der Waals surface area (Å²) in [5.41, 5.74) is 2.64. The van der Waals surface area contributed by atoms with Gasteiger partial charge in [0.25, 0.3) is 5.91 Å². The molecule has 2 N–H and O–H groups in total. The van der Waals surface area contributed by atoms with Crippen LogP contribution in [0.15, 0.2) is 6.33 Å². The molecule has 1 aliphatic heterocycles. The van der Waals surface area contributed by atoms with Crippen LogP contribution in [0.3, 0.4) is 0 Å². The van der Waals surface area contributed by atoms with Gasteiger partial charge in [-0.25, -0.2) is 5.01 Å². The predicted octanol–water partition coefficient (Wildman–Crippen LogP) is -1.71. The molecule has 0 aromatic carbocycles. The number of aromatic nitrogens is 3. The highest BCUT2D eigenvalue weighted by Crippen LogP contribution is 2.14. The summed E-state index contributed by atoms with van der Waals surface area (Å²) in [5, 5.41) is 18.0. The average Bonchev–Trinajstić information content (AvgIpc) is 2.71. The monoisotopic (exact) mass is 197 g/mol. The van der Waals surface area contributed by atoms with Crippen molar-refractivity contribution in [3.05, 3.63) is 12.2 Å². The second-order valence-corrected chi connectivity index (χ2v) is 3.18. The second kappa shape index (κ2) is 3.35. The van der Waals surface area contributed by atoms with Crippen LogP contribution in [0.4, 0.5) is 0 Å². The number of amides is 1. The fourth-order valence-corrected chi connectivity index (χ4v) is 1.50. The Bertz CT molecular complexity index is 350. The summed E-state index contributed by atoms with van der Waals surface area (Å²) in [5.74, 6) is 0.294. The van der Waals surface area contributed by atoms with E-state index >= 15 is 0 Å². The summed E-state index contributed by atoms with van der Waals surface area (Å²) >= 11 is 0. The summed E-state index contributed by atoms with van der Waals surface area (Å²) in [4.78, 5) is 11.4. The number of nitrogens with one attached hydrogen (secondary N) is 1. The number of hydrogen-bond acceptors (Lipinski definition) is 5. The molecule has 0 spiro atoms. The average molecular weight is 197 g/mol. The first-order valence-electron chi connectivity index (χ1n) is 4.23. The Hall–Kier alpha value is -1.47. The van der Waals surface area contributed by atoms with E-state index < -0.39 is 0 Å². The molecule has 1 amide bonds. The van der Waals surface area contributed by atoms with Gasteiger partial charge < -0.3 is 9.67 Å². The minimum absolute atomic E-state index is 0.109. The molecule has 1 saturated heterocycles. The van der Waals surface area contributed by atoms with Crippen molar-refractivity contribution in [2.45, 2.75) is 12.6 Å². The predicted molar refractivity (Wildman–Crippen MR) is 45.8 cm³/mol. The van der Waals surface area contributed by atoms with Gasteiger partial charge in [-0.1, -0.05) is 0 Å². The maximum atomic E-state index is 11.4. The fraction of sp³-hybridized carbons (Fsp3) is 0.571. The highest BCUT2D eigenvalue weighted by Gasteiger charge is 2.31. The van der Waals surface area contributed by atoms with Crippen molar-refractivity contribution in [1.82, 2.24) is 25.2 Å². The van der Waals surface area contributed by atoms with E-state index in [2.05, 4.69) is 15.6 Å². The minimum Gasteiger partial charge on any atom is -0.388 e. The van der Waals surface area contributed by atoms with Crippen LogP contribution < -0.4 is 5.43 Å². The summed E-state index contributed by atoms with van der Waals surface area (Å²) in [6, 6.07) is -0.350. The topological polar surface area (TPSA) is 83.3 Å². The van der Waals surface area contributed by atoms with Gasteiger partial charge in [-0.3, -0.25) is 10.2 Å². The number of hydrogen-bond donors (Lipinski definition) is 2. The standard InChI is InChI=1S/C7H11N5O2/c1-11-2-5(7(14)10-11)12-4-8-9-6(12)3-13/h4-5,13H,2-3H2,1H3,(H,10,14). The fourth-order valence-electron chi connectivity index (χ4n) is 1.50. The Labute approximate surface area is 80.3 Å². The summed E-state index contributed by atoms with van der Waals surface area (Å²) in [6.45, 7) is 0.331. The van der Waals surface area contributed by atoms with Gasteiger partial charge in [-0.15, -0.1) is 10.2 Å². The molecule has 0 aliphatic carbocycles. The van der Waals surface area contributed by atoms with Gasteiger partial charge in [0.05, 0.1) is 0 Å². The van der Waals surface area contributed by atoms with Gasteiger partial charge in [0.15, 0.2) is 5.82 Å². The van der Waals surface area contributed by atoms with Crippen molar-refractivity contribution in [3.63, 3.8) is 0 Å². The summed E-state index contributed by atoms with van der Waals surface area (Å²) < 4.78 is 1.58. The maximum Gasteiger partial charge on any atom is 0.258 e. The van der Waals surface area contributed by atoms with E-state index in [-0.39, 0.29) is 18.6 Å².